The van der Waals surface area contributed by atoms with Crippen LogP contribution in [0.5, 0.6) is 0 Å². The molecule has 0 aromatic rings. The van der Waals surface area contributed by atoms with Crippen LogP contribution in [0.3, 0.4) is 0 Å². The van der Waals surface area contributed by atoms with E-state index in [0.29, 0.717) is 0 Å². The van der Waals surface area contributed by atoms with Crippen LogP contribution >= 0.6 is 0 Å². The third-order valence-corrected chi connectivity index (χ3v) is 1.22. The van der Waals surface area contributed by atoms with Gasteiger partial charge >= 0.3 is 0 Å². The predicted molar refractivity (Wildman–Crippen MR) is 42.0 cm³/mol. The molecule has 0 bridgehead atoms. The zero-order valence-electron chi connectivity index (χ0n) is 7.51. The highest BCUT2D eigenvalue weighted by molar-refractivity contribution is 4.65. The van der Waals surface area contributed by atoms with Crippen molar-refractivity contribution in [2.75, 3.05) is 0 Å². The van der Waals surface area contributed by atoms with Crippen molar-refractivity contribution in [3.63, 3.8) is 0 Å². The maximum atomic E-state index is 9.06. The van der Waals surface area contributed by atoms with E-state index in [0.717, 1.165) is 0 Å². The summed E-state index contributed by atoms with van der Waals surface area (Å²) in [7, 11) is 0. The molecular formula is C8H18O2. The van der Waals surface area contributed by atoms with Crippen LogP contribution < -0.4 is 0 Å². The van der Waals surface area contributed by atoms with Crippen LogP contribution in [-0.4, -0.2) is 22.9 Å². The summed E-state index contributed by atoms with van der Waals surface area (Å²) in [6.07, 6.45) is -0.473. The standard InChI is InChI=1S/C8H18O2/c1-6(9)7(2)10-8(3,4)5/h6-7,9H,1-5H3. The van der Waals surface area contributed by atoms with E-state index in [1.54, 1.807) is 6.92 Å². The summed E-state index contributed by atoms with van der Waals surface area (Å²) < 4.78 is 5.45. The quantitative estimate of drug-likeness (QED) is 0.640. The van der Waals surface area contributed by atoms with Gasteiger partial charge in [0.2, 0.25) is 0 Å². The Hall–Kier alpha value is -0.0800. The average molecular weight is 146 g/mol. The van der Waals surface area contributed by atoms with Crippen molar-refractivity contribution >= 4 is 0 Å². The van der Waals surface area contributed by atoms with Crippen LogP contribution in [0.1, 0.15) is 34.6 Å². The minimum Gasteiger partial charge on any atom is -0.391 e. The molecule has 2 unspecified atom stereocenters. The summed E-state index contributed by atoms with van der Waals surface area (Å²) in [6.45, 7) is 9.54. The third-order valence-electron chi connectivity index (χ3n) is 1.22. The number of rotatable bonds is 2. The van der Waals surface area contributed by atoms with Crippen LogP contribution in [0.4, 0.5) is 0 Å². The molecule has 0 aromatic heterocycles. The second-order valence-electron chi connectivity index (χ2n) is 3.68. The average Bonchev–Trinajstić information content (AvgIpc) is 1.60. The van der Waals surface area contributed by atoms with E-state index in [4.69, 9.17) is 9.84 Å². The fraction of sp³-hybridized carbons (Fsp3) is 1.00. The van der Waals surface area contributed by atoms with Crippen molar-refractivity contribution in [2.24, 2.45) is 0 Å². The van der Waals surface area contributed by atoms with Crippen molar-refractivity contribution in [1.29, 1.82) is 0 Å². The van der Waals surface area contributed by atoms with E-state index in [-0.39, 0.29) is 17.8 Å². The van der Waals surface area contributed by atoms with Gasteiger partial charge in [0.1, 0.15) is 0 Å². The van der Waals surface area contributed by atoms with Crippen molar-refractivity contribution in [1.82, 2.24) is 0 Å². The summed E-state index contributed by atoms with van der Waals surface area (Å²) in [5.41, 5.74) is -0.156. The molecule has 0 rings (SSSR count). The van der Waals surface area contributed by atoms with Gasteiger partial charge in [-0.15, -0.1) is 0 Å². The molecule has 0 saturated heterocycles. The molecule has 0 heterocycles. The van der Waals surface area contributed by atoms with Crippen LogP contribution in [0.25, 0.3) is 0 Å². The predicted octanol–water partition coefficient (Wildman–Crippen LogP) is 1.57. The fourth-order valence-electron chi connectivity index (χ4n) is 0.656. The topological polar surface area (TPSA) is 29.5 Å². The lowest BCUT2D eigenvalue weighted by Crippen LogP contribution is -2.32. The number of hydrogen-bond donors (Lipinski definition) is 1. The Labute approximate surface area is 63.2 Å². The minimum absolute atomic E-state index is 0.0833. The van der Waals surface area contributed by atoms with Crippen LogP contribution in [-0.2, 0) is 4.74 Å². The molecule has 0 aliphatic carbocycles. The largest absolute Gasteiger partial charge is 0.391 e. The first-order valence-electron chi connectivity index (χ1n) is 3.69. The first-order valence-corrected chi connectivity index (χ1v) is 3.69. The first-order chi connectivity index (χ1) is 4.33. The molecule has 10 heavy (non-hydrogen) atoms. The molecule has 0 aliphatic rings. The van der Waals surface area contributed by atoms with Gasteiger partial charge in [-0.25, -0.2) is 0 Å². The summed E-state index contributed by atoms with van der Waals surface area (Å²) >= 11 is 0. The molecule has 1 N–H and O–H groups in total. The monoisotopic (exact) mass is 146 g/mol. The molecule has 0 amide bonds. The second kappa shape index (κ2) is 3.35. The molecule has 0 aromatic carbocycles. The van der Waals surface area contributed by atoms with Crippen molar-refractivity contribution < 1.29 is 9.84 Å². The van der Waals surface area contributed by atoms with Crippen molar-refractivity contribution in [3.05, 3.63) is 0 Å². The van der Waals surface area contributed by atoms with Gasteiger partial charge in [-0.05, 0) is 34.6 Å². The van der Waals surface area contributed by atoms with Crippen molar-refractivity contribution in [3.8, 4) is 0 Å². The molecule has 2 atom stereocenters. The number of aliphatic hydroxyl groups is 1. The van der Waals surface area contributed by atoms with Crippen LogP contribution in [0.2, 0.25) is 0 Å². The Morgan fingerprint density at radius 1 is 1.20 bits per heavy atom. The number of aliphatic hydroxyl groups excluding tert-OH is 1. The third kappa shape index (κ3) is 4.77. The van der Waals surface area contributed by atoms with Gasteiger partial charge in [0, 0.05) is 0 Å². The smallest absolute Gasteiger partial charge is 0.0810 e. The molecule has 2 heteroatoms. The number of ether oxygens (including phenoxy) is 1. The number of hydrogen-bond acceptors (Lipinski definition) is 2. The second-order valence-corrected chi connectivity index (χ2v) is 3.68. The Balaban J connectivity index is 3.68. The molecular weight excluding hydrogens is 128 g/mol. The molecule has 0 aliphatic heterocycles. The first kappa shape index (κ1) is 9.92. The van der Waals surface area contributed by atoms with Crippen LogP contribution in [0.15, 0.2) is 0 Å². The maximum Gasteiger partial charge on any atom is 0.0810 e. The van der Waals surface area contributed by atoms with Gasteiger partial charge < -0.3 is 9.84 Å². The zero-order valence-corrected chi connectivity index (χ0v) is 7.51. The zero-order chi connectivity index (χ0) is 8.36. The van der Waals surface area contributed by atoms with E-state index < -0.39 is 0 Å². The van der Waals surface area contributed by atoms with Crippen molar-refractivity contribution in [2.45, 2.75) is 52.4 Å². The minimum atomic E-state index is -0.390. The Morgan fingerprint density at radius 2 is 1.60 bits per heavy atom. The molecule has 0 spiro atoms. The molecule has 0 radical (unpaired) electrons. The van der Waals surface area contributed by atoms with Gasteiger partial charge in [-0.2, -0.15) is 0 Å². The fourth-order valence-corrected chi connectivity index (χ4v) is 0.656. The van der Waals surface area contributed by atoms with E-state index in [2.05, 4.69) is 0 Å². The molecule has 62 valence electrons. The molecule has 0 saturated carbocycles. The summed E-state index contributed by atoms with van der Waals surface area (Å²) in [4.78, 5) is 0. The molecule has 2 nitrogen and oxygen atoms in total. The highest BCUT2D eigenvalue weighted by Crippen LogP contribution is 2.12. The highest BCUT2D eigenvalue weighted by atomic mass is 16.5. The van der Waals surface area contributed by atoms with Gasteiger partial charge in [0.25, 0.3) is 0 Å². The highest BCUT2D eigenvalue weighted by Gasteiger charge is 2.17. The van der Waals surface area contributed by atoms with E-state index in [1.165, 1.54) is 0 Å². The molecule has 0 fully saturated rings. The lowest BCUT2D eigenvalue weighted by atomic mass is 10.1. The van der Waals surface area contributed by atoms with E-state index in [9.17, 15) is 0 Å². The Kier molecular flexibility index (Phi) is 3.33. The van der Waals surface area contributed by atoms with Gasteiger partial charge in [0.15, 0.2) is 0 Å². The maximum absolute atomic E-state index is 9.06. The van der Waals surface area contributed by atoms with E-state index >= 15 is 0 Å². The lowest BCUT2D eigenvalue weighted by molar-refractivity contribution is -0.0965. The van der Waals surface area contributed by atoms with E-state index in [1.807, 2.05) is 27.7 Å². The lowest BCUT2D eigenvalue weighted by Gasteiger charge is -2.26. The Morgan fingerprint density at radius 3 is 1.70 bits per heavy atom. The van der Waals surface area contributed by atoms with Crippen LogP contribution in [0, 0.1) is 0 Å². The normalized spacial score (nSPS) is 18.6. The Bertz CT molecular complexity index is 91.9. The van der Waals surface area contributed by atoms with Gasteiger partial charge in [0.05, 0.1) is 17.8 Å². The van der Waals surface area contributed by atoms with Gasteiger partial charge in [-0.3, -0.25) is 0 Å². The summed E-state index contributed by atoms with van der Waals surface area (Å²) in [6, 6.07) is 0. The summed E-state index contributed by atoms with van der Waals surface area (Å²) in [5, 5.41) is 9.06. The summed E-state index contributed by atoms with van der Waals surface area (Å²) in [5.74, 6) is 0. The van der Waals surface area contributed by atoms with Gasteiger partial charge in [-0.1, -0.05) is 0 Å². The SMILES string of the molecule is CC(O)C(C)OC(C)(C)C.